The number of carbonyl (C=O) groups excluding carboxylic acids is 2. The summed E-state index contributed by atoms with van der Waals surface area (Å²) < 4.78 is 9.09. The number of carbonyl (C=O) groups is 2. The summed E-state index contributed by atoms with van der Waals surface area (Å²) in [4.78, 5) is 17.6. The Morgan fingerprint density at radius 2 is 0.586 bits per heavy atom. The van der Waals surface area contributed by atoms with E-state index in [4.69, 9.17) is 53.3 Å². The van der Waals surface area contributed by atoms with Gasteiger partial charge in [-0.1, -0.05) is 239 Å². The summed E-state index contributed by atoms with van der Waals surface area (Å²) in [6, 6.07) is 1.93. The molecule has 0 aromatic carbocycles. The van der Waals surface area contributed by atoms with Gasteiger partial charge in [0.1, 0.15) is 12.6 Å². The summed E-state index contributed by atoms with van der Waals surface area (Å²) in [7, 11) is 7.36. The smallest absolute Gasteiger partial charge is 0.512 e. The molecule has 7 nitrogen and oxygen atoms in total. The predicted molar refractivity (Wildman–Crippen MR) is 296 cm³/mol. The Kier molecular flexibility index (Phi) is 4720. The van der Waals surface area contributed by atoms with E-state index in [0.29, 0.717) is 6.42 Å². The quantitative estimate of drug-likeness (QED) is 0.0875. The van der Waals surface area contributed by atoms with E-state index in [1.54, 1.807) is 6.92 Å². The summed E-state index contributed by atoms with van der Waals surface area (Å²) in [6.45, 7) is 64.2. The predicted octanol–water partition coefficient (Wildman–Crippen LogP) is 17.8. The van der Waals surface area contributed by atoms with E-state index in [-0.39, 0.29) is 110 Å². The number of aliphatic hydroxyl groups is 1. The summed E-state index contributed by atoms with van der Waals surface area (Å²) in [6.07, 6.45) is 3.22. The molecule has 0 aliphatic heterocycles. The van der Waals surface area contributed by atoms with Crippen LogP contribution in [-0.4, -0.2) is 40.9 Å². The summed E-state index contributed by atoms with van der Waals surface area (Å²) >= 11 is 5.00. The molecule has 0 saturated carbocycles. The average Bonchev–Trinajstić information content (AvgIpc) is 3.23. The fourth-order valence-corrected chi connectivity index (χ4v) is 0. The zero-order valence-corrected chi connectivity index (χ0v) is 47.6. The number of nitriles is 1. The molecule has 0 atom stereocenters. The first kappa shape index (κ1) is 207. The van der Waals surface area contributed by atoms with Gasteiger partial charge in [-0.25, -0.2) is 4.21 Å². The van der Waals surface area contributed by atoms with Crippen molar-refractivity contribution in [2.75, 3.05) is 19.0 Å². The van der Waals surface area contributed by atoms with Crippen LogP contribution in [0.5, 0.6) is 0 Å². The van der Waals surface area contributed by atoms with Crippen molar-refractivity contribution in [2.24, 2.45) is 5.73 Å². The molecule has 0 aliphatic rings. The van der Waals surface area contributed by atoms with Crippen molar-refractivity contribution in [3.05, 3.63) is 6.57 Å². The van der Waals surface area contributed by atoms with E-state index >= 15 is 0 Å². The Bertz CT molecular complexity index is 276. The molecule has 0 fully saturated rings. The van der Waals surface area contributed by atoms with Crippen LogP contribution in [0.4, 0.5) is 0 Å². The summed E-state index contributed by atoms with van der Waals surface area (Å²) in [5.41, 5.74) is 5.03. The van der Waals surface area contributed by atoms with E-state index in [1.807, 2.05) is 186 Å². The number of nitrogens with two attached hydrogens (primary N) is 1. The van der Waals surface area contributed by atoms with Gasteiger partial charge < -0.3 is 32.3 Å². The van der Waals surface area contributed by atoms with E-state index in [9.17, 15) is 0 Å². The minimum absolute atomic E-state index is 0. The van der Waals surface area contributed by atoms with Crippen molar-refractivity contribution >= 4 is 54.8 Å². The molecule has 0 saturated heterocycles. The molecule has 12 heteroatoms. The molecule has 0 bridgehead atoms. The fraction of sp³-hybridized carbons (Fsp3) is 0.913. The van der Waals surface area contributed by atoms with Gasteiger partial charge in [-0.3, -0.25) is 0 Å². The van der Waals surface area contributed by atoms with Gasteiger partial charge in [0.2, 0.25) is 9.23 Å². The van der Waals surface area contributed by atoms with Gasteiger partial charge in [0.25, 0.3) is 0 Å². The second-order valence-electron chi connectivity index (χ2n) is 2.54. The number of hydrogen-bond donors (Lipinski definition) is 2. The Morgan fingerprint density at radius 1 is 0.552 bits per heavy atom. The number of nitrogens with zero attached hydrogens (tertiary/aromatic N) is 2. The second-order valence-corrected chi connectivity index (χ2v) is 5.60. The zero-order valence-electron chi connectivity index (χ0n) is 41.4. The van der Waals surface area contributed by atoms with Crippen LogP contribution in [0.15, 0.2) is 0 Å². The number of aliphatic hydroxyl groups excluding tert-OH is 1. The maximum atomic E-state index is 9.09. The van der Waals surface area contributed by atoms with E-state index in [1.165, 1.54) is 13.8 Å². The van der Waals surface area contributed by atoms with Crippen molar-refractivity contribution in [3.8, 4) is 6.07 Å². The average molecular weight is 970 g/mol. The largest absolute Gasteiger partial charge is 1.00 e. The van der Waals surface area contributed by atoms with E-state index in [0.717, 1.165) is 31.4 Å². The van der Waals surface area contributed by atoms with E-state index < -0.39 is 9.23 Å². The van der Waals surface area contributed by atoms with Crippen LogP contribution < -0.4 is 57.1 Å². The minimum atomic E-state index is -1.67. The first-order chi connectivity index (χ1) is 24.2. The molecule has 58 heavy (non-hydrogen) atoms. The van der Waals surface area contributed by atoms with Crippen molar-refractivity contribution in [1.29, 1.82) is 10.5 Å². The van der Waals surface area contributed by atoms with Crippen LogP contribution in [0.1, 0.15) is 273 Å². The molecule has 3 N–H and O–H groups in total. The number of hydrogen-bond acceptors (Lipinski definition) is 7. The minimum Gasteiger partial charge on any atom is -0.512 e. The first-order valence-electron chi connectivity index (χ1n) is 19.2. The molecule has 0 rings (SSSR count). The van der Waals surface area contributed by atoms with Crippen molar-refractivity contribution in [3.63, 3.8) is 0 Å². The first-order valence-corrected chi connectivity index (χ1v) is 22.6. The van der Waals surface area contributed by atoms with Gasteiger partial charge >= 0.3 is 51.4 Å². The number of rotatable bonds is 1. The summed E-state index contributed by atoms with van der Waals surface area (Å²) in [5, 5.41) is 21.4. The third-order valence-corrected chi connectivity index (χ3v) is 0.447. The van der Waals surface area contributed by atoms with Crippen LogP contribution >= 0.6 is 33.0 Å². The molecule has 0 radical (unpaired) electrons. The third kappa shape index (κ3) is 21200. The third-order valence-electron chi connectivity index (χ3n) is 0.447. The molecule has 0 aromatic heterocycles. The van der Waals surface area contributed by atoms with Crippen molar-refractivity contribution < 1.29 is 70.3 Å². The normalized spacial score (nSPS) is 3.81. The standard InChI is InChI=1S/C3H9N.C3H5N.C2H5Cl.C2H6O.2C2H4O.12C2H6.CN.7CH4.Cl2OS.K/c2*1-2-3-4;4*1-2-3;13*1-2;;;;;;;;1-4(2)3;/h2-4H2,1H3;2H2,1H3;2H2,1H3;3H,2H2,1H3;2*2H,1H3;12*1-2H3;;7*1H4;;/q;;;;;;;;;;;;;;;;;;-1;;;;;;;;;+1. The number of aldehydes is 2. The number of alkyl halides is 1. The maximum absolute atomic E-state index is 9.09. The van der Waals surface area contributed by atoms with Crippen molar-refractivity contribution in [2.45, 2.75) is 273 Å². The molecule has 0 heterocycles. The fourth-order valence-electron chi connectivity index (χ4n) is 0. The molecular weight excluding hydrogens is 836 g/mol. The van der Waals surface area contributed by atoms with Crippen LogP contribution in [0.2, 0.25) is 0 Å². The van der Waals surface area contributed by atoms with Gasteiger partial charge in [0, 0.05) is 40.3 Å². The molecule has 0 aromatic rings. The molecule has 0 amide bonds. The topological polar surface area (TPSA) is 145 Å². The van der Waals surface area contributed by atoms with Gasteiger partial charge in [0.15, 0.2) is 0 Å². The Morgan fingerprint density at radius 3 is 0.586 bits per heavy atom. The Labute approximate surface area is 441 Å². The molecule has 384 valence electrons. The Hall–Kier alpha value is 0.896. The molecule has 0 spiro atoms. The van der Waals surface area contributed by atoms with Crippen LogP contribution in [0, 0.1) is 23.2 Å². The van der Waals surface area contributed by atoms with Gasteiger partial charge in [-0.05, 0) is 33.7 Å². The van der Waals surface area contributed by atoms with Gasteiger partial charge in [0.05, 0.1) is 6.07 Å². The molecule has 0 aliphatic carbocycles. The Balaban J connectivity index is -0.00000000628. The van der Waals surface area contributed by atoms with Gasteiger partial charge in [-0.2, -0.15) is 5.26 Å². The van der Waals surface area contributed by atoms with E-state index in [2.05, 4.69) is 28.3 Å². The number of halogens is 3. The molecular formula is C46H133Cl3KN3O4S. The summed E-state index contributed by atoms with van der Waals surface area (Å²) in [5.74, 6) is 0.722. The van der Waals surface area contributed by atoms with Crippen LogP contribution in [-0.2, 0) is 18.8 Å². The van der Waals surface area contributed by atoms with Crippen LogP contribution in [0.3, 0.4) is 0 Å². The monoisotopic (exact) mass is 968 g/mol. The molecule has 0 unspecified atom stereocenters. The van der Waals surface area contributed by atoms with Crippen molar-refractivity contribution in [1.82, 2.24) is 0 Å². The van der Waals surface area contributed by atoms with Gasteiger partial charge in [-0.15, -0.1) is 11.6 Å². The van der Waals surface area contributed by atoms with Crippen LogP contribution in [0.25, 0.3) is 0 Å². The maximum Gasteiger partial charge on any atom is 1.00 e. The zero-order chi connectivity index (χ0) is 47.2. The second kappa shape index (κ2) is 1320. The SMILES string of the molecule is C.C.C.C.C.C.C.CC.CC.CC.CC.CC.CC.CC.CC.CC.CC.CC.CC.CC=O.CC=O.CCC#N.CCCN.CCCl.CCO.O=S(Cl)Cl.[C-]#N.[K+].